The molecule has 27 heavy (non-hydrogen) atoms. The lowest BCUT2D eigenvalue weighted by molar-refractivity contribution is 0.0948. The Kier molecular flexibility index (Phi) is 6.52. The molecular weight excluding hydrogens is 336 g/mol. The number of carbonyl (C=O) groups excluding carboxylic acids is 1. The first-order valence-corrected chi connectivity index (χ1v) is 9.12. The molecule has 0 aliphatic heterocycles. The summed E-state index contributed by atoms with van der Waals surface area (Å²) in [7, 11) is 1.92. The highest BCUT2D eigenvalue weighted by Gasteiger charge is 2.11. The van der Waals surface area contributed by atoms with E-state index >= 15 is 0 Å². The van der Waals surface area contributed by atoms with Gasteiger partial charge in [-0.3, -0.25) is 4.79 Å². The van der Waals surface area contributed by atoms with Gasteiger partial charge < -0.3 is 10.2 Å². The van der Waals surface area contributed by atoms with Gasteiger partial charge in [0.1, 0.15) is 5.69 Å². The van der Waals surface area contributed by atoms with Crippen LogP contribution >= 0.6 is 0 Å². The molecule has 0 unspecified atom stereocenters. The Balaban J connectivity index is 1.52. The van der Waals surface area contributed by atoms with Crippen LogP contribution < -0.4 is 10.2 Å². The normalized spacial score (nSPS) is 10.4. The van der Waals surface area contributed by atoms with Gasteiger partial charge in [0.2, 0.25) is 5.95 Å². The maximum Gasteiger partial charge on any atom is 0.270 e. The molecule has 0 bridgehead atoms. The van der Waals surface area contributed by atoms with E-state index in [4.69, 9.17) is 0 Å². The Morgan fingerprint density at radius 2 is 1.63 bits per heavy atom. The number of anilines is 1. The smallest absolute Gasteiger partial charge is 0.270 e. The average molecular weight is 360 g/mol. The van der Waals surface area contributed by atoms with Crippen LogP contribution in [0.1, 0.15) is 28.0 Å². The average Bonchev–Trinajstić information content (AvgIpc) is 2.72. The number of carbonyl (C=O) groups is 1. The van der Waals surface area contributed by atoms with Crippen LogP contribution in [0.15, 0.2) is 72.9 Å². The Bertz CT molecular complexity index is 852. The molecule has 5 heteroatoms. The summed E-state index contributed by atoms with van der Waals surface area (Å²) < 4.78 is 0. The number of nitrogens with zero attached hydrogens (tertiary/aromatic N) is 3. The Labute approximate surface area is 160 Å². The molecule has 0 fully saturated rings. The van der Waals surface area contributed by atoms with Crippen LogP contribution in [0.3, 0.4) is 0 Å². The maximum atomic E-state index is 12.4. The van der Waals surface area contributed by atoms with Crippen molar-refractivity contribution in [3.8, 4) is 0 Å². The standard InChI is InChI=1S/C22H24N4O/c1-26(17-19-11-6-3-7-12-19)22-24-16-14-20(25-22)21(27)23-15-8-13-18-9-4-2-5-10-18/h2-7,9-12,14,16H,8,13,15,17H2,1H3,(H,23,27). The van der Waals surface area contributed by atoms with Gasteiger partial charge in [0, 0.05) is 26.3 Å². The van der Waals surface area contributed by atoms with E-state index in [0.717, 1.165) is 12.8 Å². The van der Waals surface area contributed by atoms with Crippen LogP contribution in [0.25, 0.3) is 0 Å². The number of hydrogen-bond donors (Lipinski definition) is 1. The Hall–Kier alpha value is -3.21. The molecule has 5 nitrogen and oxygen atoms in total. The number of aromatic nitrogens is 2. The largest absolute Gasteiger partial charge is 0.351 e. The minimum absolute atomic E-state index is 0.167. The highest BCUT2D eigenvalue weighted by atomic mass is 16.1. The van der Waals surface area contributed by atoms with Crippen molar-refractivity contribution in [3.05, 3.63) is 89.7 Å². The van der Waals surface area contributed by atoms with Gasteiger partial charge in [-0.05, 0) is 30.0 Å². The molecule has 2 aromatic carbocycles. The lowest BCUT2D eigenvalue weighted by Gasteiger charge is -2.17. The lowest BCUT2D eigenvalue weighted by atomic mass is 10.1. The summed E-state index contributed by atoms with van der Waals surface area (Å²) in [5, 5.41) is 2.94. The maximum absolute atomic E-state index is 12.4. The third-order valence-electron chi connectivity index (χ3n) is 4.25. The van der Waals surface area contributed by atoms with Crippen molar-refractivity contribution in [1.82, 2.24) is 15.3 Å². The fraction of sp³-hybridized carbons (Fsp3) is 0.227. The van der Waals surface area contributed by atoms with Crippen molar-refractivity contribution in [2.45, 2.75) is 19.4 Å². The quantitative estimate of drug-likeness (QED) is 0.625. The summed E-state index contributed by atoms with van der Waals surface area (Å²) in [6.07, 6.45) is 3.46. The summed E-state index contributed by atoms with van der Waals surface area (Å²) in [4.78, 5) is 23.0. The van der Waals surface area contributed by atoms with Crippen LogP contribution in [-0.4, -0.2) is 29.5 Å². The summed E-state index contributed by atoms with van der Waals surface area (Å²) in [6, 6.07) is 22.0. The number of amides is 1. The minimum atomic E-state index is -0.167. The third-order valence-corrected chi connectivity index (χ3v) is 4.25. The molecule has 0 spiro atoms. The molecule has 0 saturated heterocycles. The predicted octanol–water partition coefficient (Wildman–Crippen LogP) is 3.48. The number of aryl methyl sites for hydroxylation is 1. The molecule has 3 rings (SSSR count). The van der Waals surface area contributed by atoms with Crippen molar-refractivity contribution in [3.63, 3.8) is 0 Å². The molecule has 1 aromatic heterocycles. The van der Waals surface area contributed by atoms with Crippen LogP contribution in [0.2, 0.25) is 0 Å². The van der Waals surface area contributed by atoms with E-state index in [1.165, 1.54) is 11.1 Å². The molecule has 1 N–H and O–H groups in total. The van der Waals surface area contributed by atoms with E-state index in [1.807, 2.05) is 48.3 Å². The Morgan fingerprint density at radius 3 is 2.33 bits per heavy atom. The second kappa shape index (κ2) is 9.48. The van der Waals surface area contributed by atoms with Crippen LogP contribution in [0, 0.1) is 0 Å². The first-order chi connectivity index (χ1) is 13.2. The fourth-order valence-corrected chi connectivity index (χ4v) is 2.82. The molecule has 1 amide bonds. The van der Waals surface area contributed by atoms with Gasteiger partial charge in [-0.15, -0.1) is 0 Å². The van der Waals surface area contributed by atoms with E-state index in [-0.39, 0.29) is 5.91 Å². The molecule has 0 radical (unpaired) electrons. The summed E-state index contributed by atoms with van der Waals surface area (Å²) in [6.45, 7) is 1.30. The van der Waals surface area contributed by atoms with Crippen LogP contribution in [-0.2, 0) is 13.0 Å². The monoisotopic (exact) mass is 360 g/mol. The first kappa shape index (κ1) is 18.6. The molecule has 0 saturated carbocycles. The third kappa shape index (κ3) is 5.64. The van der Waals surface area contributed by atoms with Crippen molar-refractivity contribution >= 4 is 11.9 Å². The van der Waals surface area contributed by atoms with Gasteiger partial charge in [0.05, 0.1) is 0 Å². The second-order valence-electron chi connectivity index (χ2n) is 6.43. The highest BCUT2D eigenvalue weighted by Crippen LogP contribution is 2.10. The minimum Gasteiger partial charge on any atom is -0.351 e. The van der Waals surface area contributed by atoms with Gasteiger partial charge in [-0.25, -0.2) is 9.97 Å². The van der Waals surface area contributed by atoms with Gasteiger partial charge in [0.25, 0.3) is 5.91 Å². The first-order valence-electron chi connectivity index (χ1n) is 9.12. The lowest BCUT2D eigenvalue weighted by Crippen LogP contribution is -2.27. The SMILES string of the molecule is CN(Cc1ccccc1)c1nccc(C(=O)NCCCc2ccccc2)n1. The molecule has 0 aliphatic carbocycles. The van der Waals surface area contributed by atoms with E-state index in [1.54, 1.807) is 12.3 Å². The van der Waals surface area contributed by atoms with Gasteiger partial charge >= 0.3 is 0 Å². The van der Waals surface area contributed by atoms with Crippen molar-refractivity contribution in [1.29, 1.82) is 0 Å². The van der Waals surface area contributed by atoms with Crippen LogP contribution in [0.5, 0.6) is 0 Å². The Morgan fingerprint density at radius 1 is 0.963 bits per heavy atom. The van der Waals surface area contributed by atoms with E-state index in [9.17, 15) is 4.79 Å². The van der Waals surface area contributed by atoms with E-state index in [2.05, 4.69) is 39.6 Å². The summed E-state index contributed by atoms with van der Waals surface area (Å²) >= 11 is 0. The number of hydrogen-bond acceptors (Lipinski definition) is 4. The number of benzene rings is 2. The zero-order chi connectivity index (χ0) is 18.9. The number of nitrogens with one attached hydrogen (secondary N) is 1. The molecule has 1 heterocycles. The molecule has 3 aromatic rings. The van der Waals surface area contributed by atoms with Crippen molar-refractivity contribution in [2.24, 2.45) is 0 Å². The van der Waals surface area contributed by atoms with Crippen molar-refractivity contribution < 1.29 is 4.79 Å². The van der Waals surface area contributed by atoms with E-state index < -0.39 is 0 Å². The molecule has 0 aliphatic rings. The van der Waals surface area contributed by atoms with Gasteiger partial charge in [0.15, 0.2) is 0 Å². The van der Waals surface area contributed by atoms with Gasteiger partial charge in [-0.1, -0.05) is 60.7 Å². The number of rotatable bonds is 8. The predicted molar refractivity (Wildman–Crippen MR) is 108 cm³/mol. The second-order valence-corrected chi connectivity index (χ2v) is 6.43. The molecule has 138 valence electrons. The van der Waals surface area contributed by atoms with Crippen LogP contribution in [0.4, 0.5) is 5.95 Å². The fourth-order valence-electron chi connectivity index (χ4n) is 2.82. The summed E-state index contributed by atoms with van der Waals surface area (Å²) in [5.74, 6) is 0.371. The zero-order valence-corrected chi connectivity index (χ0v) is 15.5. The highest BCUT2D eigenvalue weighted by molar-refractivity contribution is 5.92. The molecular formula is C22H24N4O. The van der Waals surface area contributed by atoms with E-state index in [0.29, 0.717) is 24.7 Å². The zero-order valence-electron chi connectivity index (χ0n) is 15.5. The molecule has 0 atom stereocenters. The van der Waals surface area contributed by atoms with Crippen molar-refractivity contribution in [2.75, 3.05) is 18.5 Å². The summed E-state index contributed by atoms with van der Waals surface area (Å²) in [5.41, 5.74) is 2.83. The van der Waals surface area contributed by atoms with Gasteiger partial charge in [-0.2, -0.15) is 0 Å². The topological polar surface area (TPSA) is 58.1 Å².